The van der Waals surface area contributed by atoms with Crippen LogP contribution < -0.4 is 10.9 Å². The molecule has 1 aliphatic heterocycles. The summed E-state index contributed by atoms with van der Waals surface area (Å²) in [6, 6.07) is 1.64. The van der Waals surface area contributed by atoms with E-state index in [2.05, 4.69) is 22.4 Å². The number of rotatable bonds is 4. The minimum Gasteiger partial charge on any atom is -0.360 e. The molecular weight excluding hydrogens is 336 g/mol. The third-order valence-electron chi connectivity index (χ3n) is 3.31. The molecule has 0 saturated carbocycles. The molecule has 23 heavy (non-hydrogen) atoms. The highest BCUT2D eigenvalue weighted by molar-refractivity contribution is 8.00. The lowest BCUT2D eigenvalue weighted by molar-refractivity contribution is -0.113. The number of carbonyl (C=O) groups excluding carboxylic acids is 1. The summed E-state index contributed by atoms with van der Waals surface area (Å²) in [4.78, 5) is 29.5. The van der Waals surface area contributed by atoms with E-state index in [-0.39, 0.29) is 17.2 Å². The first-order valence-electron chi connectivity index (χ1n) is 7.06. The van der Waals surface area contributed by atoms with Crippen molar-refractivity contribution >= 4 is 35.2 Å². The Kier molecular flexibility index (Phi) is 4.49. The van der Waals surface area contributed by atoms with Crippen molar-refractivity contribution in [2.24, 2.45) is 7.05 Å². The monoisotopic (exact) mass is 352 g/mol. The number of fused-ring (bicyclic) bond motifs is 1. The molecule has 2 aromatic heterocycles. The second-order valence-corrected chi connectivity index (χ2v) is 7.72. The summed E-state index contributed by atoms with van der Waals surface area (Å²) in [6.45, 7) is 3.83. The van der Waals surface area contributed by atoms with Crippen molar-refractivity contribution in [3.63, 3.8) is 0 Å². The minimum atomic E-state index is -0.221. The van der Waals surface area contributed by atoms with Crippen molar-refractivity contribution in [3.8, 4) is 0 Å². The number of carbonyl (C=O) groups is 1. The molecule has 7 nitrogen and oxygen atoms in total. The van der Waals surface area contributed by atoms with Crippen LogP contribution in [-0.2, 0) is 18.3 Å². The zero-order chi connectivity index (χ0) is 16.6. The van der Waals surface area contributed by atoms with E-state index < -0.39 is 0 Å². The third kappa shape index (κ3) is 3.45. The van der Waals surface area contributed by atoms with E-state index in [4.69, 9.17) is 4.52 Å². The highest BCUT2D eigenvalue weighted by atomic mass is 32.2. The Labute approximate surface area is 141 Å². The molecule has 1 atom stereocenters. The summed E-state index contributed by atoms with van der Waals surface area (Å²) in [5.74, 6) is 0.936. The standard InChI is InChI=1S/C14H16N4O3S2/c1-7-4-10(17-21-7)16-11(19)6-22-14-15-9-5-8(2)23-12(9)13(20)18(14)3/h4,8H,5-6H2,1-3H3,(H,16,17,19)/t8-/m0/s1. The number of nitrogens with one attached hydrogen (secondary N) is 1. The summed E-state index contributed by atoms with van der Waals surface area (Å²) in [5.41, 5.74) is 0.792. The number of nitrogens with zero attached hydrogens (tertiary/aromatic N) is 3. The molecule has 122 valence electrons. The molecule has 1 aliphatic rings. The van der Waals surface area contributed by atoms with Crippen LogP contribution in [0.15, 0.2) is 25.4 Å². The van der Waals surface area contributed by atoms with E-state index in [0.29, 0.717) is 22.0 Å². The fourth-order valence-corrected chi connectivity index (χ4v) is 4.17. The largest absolute Gasteiger partial charge is 0.360 e. The van der Waals surface area contributed by atoms with Crippen LogP contribution in [0, 0.1) is 6.92 Å². The van der Waals surface area contributed by atoms with Crippen LogP contribution in [0.4, 0.5) is 5.82 Å². The van der Waals surface area contributed by atoms with E-state index in [1.54, 1.807) is 31.8 Å². The molecular formula is C14H16N4O3S2. The van der Waals surface area contributed by atoms with Gasteiger partial charge in [0.25, 0.3) is 5.56 Å². The Morgan fingerprint density at radius 1 is 1.61 bits per heavy atom. The number of anilines is 1. The van der Waals surface area contributed by atoms with Gasteiger partial charge >= 0.3 is 0 Å². The van der Waals surface area contributed by atoms with Crippen LogP contribution in [0.25, 0.3) is 0 Å². The number of thioether (sulfide) groups is 2. The van der Waals surface area contributed by atoms with Gasteiger partial charge < -0.3 is 9.84 Å². The summed E-state index contributed by atoms with van der Waals surface area (Å²) in [6.07, 6.45) is 0.786. The van der Waals surface area contributed by atoms with Gasteiger partial charge in [-0.2, -0.15) is 0 Å². The lowest BCUT2D eigenvalue weighted by Gasteiger charge is -2.08. The lowest BCUT2D eigenvalue weighted by atomic mass is 10.2. The first kappa shape index (κ1) is 16.1. The van der Waals surface area contributed by atoms with Gasteiger partial charge in [-0.1, -0.05) is 23.8 Å². The van der Waals surface area contributed by atoms with Gasteiger partial charge in [0, 0.05) is 24.8 Å². The fourth-order valence-electron chi connectivity index (χ4n) is 2.24. The maximum atomic E-state index is 12.3. The molecule has 0 aliphatic carbocycles. The van der Waals surface area contributed by atoms with Gasteiger partial charge in [-0.25, -0.2) is 4.98 Å². The molecule has 0 saturated heterocycles. The molecule has 9 heteroatoms. The number of amides is 1. The molecule has 1 N–H and O–H groups in total. The molecule has 1 amide bonds. The van der Waals surface area contributed by atoms with Crippen molar-refractivity contribution < 1.29 is 9.32 Å². The Morgan fingerprint density at radius 2 is 2.39 bits per heavy atom. The van der Waals surface area contributed by atoms with Crippen molar-refractivity contribution in [2.45, 2.75) is 35.6 Å². The van der Waals surface area contributed by atoms with Crippen LogP contribution in [0.1, 0.15) is 18.4 Å². The van der Waals surface area contributed by atoms with Crippen LogP contribution in [0.5, 0.6) is 0 Å². The van der Waals surface area contributed by atoms with Gasteiger partial charge in [0.2, 0.25) is 5.91 Å². The molecule has 3 heterocycles. The Bertz CT molecular complexity index is 815. The predicted octanol–water partition coefficient (Wildman–Crippen LogP) is 1.84. The summed E-state index contributed by atoms with van der Waals surface area (Å²) < 4.78 is 6.39. The molecule has 0 bridgehead atoms. The average molecular weight is 352 g/mol. The van der Waals surface area contributed by atoms with Gasteiger partial charge in [-0.3, -0.25) is 14.2 Å². The third-order valence-corrected chi connectivity index (χ3v) is 5.55. The van der Waals surface area contributed by atoms with Crippen LogP contribution in [0.2, 0.25) is 0 Å². The number of hydrogen-bond acceptors (Lipinski definition) is 7. The second kappa shape index (κ2) is 6.40. The molecule has 0 unspecified atom stereocenters. The van der Waals surface area contributed by atoms with Crippen molar-refractivity contribution in [1.29, 1.82) is 0 Å². The Hall–Kier alpha value is -1.74. The molecule has 0 fully saturated rings. The topological polar surface area (TPSA) is 90.0 Å². The van der Waals surface area contributed by atoms with E-state index >= 15 is 0 Å². The summed E-state index contributed by atoms with van der Waals surface area (Å²) in [7, 11) is 1.68. The highest BCUT2D eigenvalue weighted by Gasteiger charge is 2.25. The van der Waals surface area contributed by atoms with Crippen molar-refractivity contribution in [1.82, 2.24) is 14.7 Å². The number of aromatic nitrogens is 3. The molecule has 0 spiro atoms. The summed E-state index contributed by atoms with van der Waals surface area (Å²) >= 11 is 2.80. The molecule has 2 aromatic rings. The van der Waals surface area contributed by atoms with Gasteiger partial charge in [0.1, 0.15) is 5.76 Å². The van der Waals surface area contributed by atoms with Crippen molar-refractivity contribution in [3.05, 3.63) is 27.9 Å². The molecule has 0 radical (unpaired) electrons. The SMILES string of the molecule is Cc1cc(NC(=O)CSc2nc3c(c(=O)n2C)S[C@@H](C)C3)no1. The summed E-state index contributed by atoms with van der Waals surface area (Å²) in [5, 5.41) is 7.27. The van der Waals surface area contributed by atoms with Gasteiger partial charge in [-0.05, 0) is 6.92 Å². The number of aryl methyl sites for hydroxylation is 1. The van der Waals surface area contributed by atoms with Gasteiger partial charge in [0.05, 0.1) is 16.3 Å². The maximum absolute atomic E-state index is 12.3. The van der Waals surface area contributed by atoms with Gasteiger partial charge in [0.15, 0.2) is 11.0 Å². The van der Waals surface area contributed by atoms with E-state index in [1.165, 1.54) is 16.3 Å². The normalized spacial score (nSPS) is 16.4. The Balaban J connectivity index is 1.69. The van der Waals surface area contributed by atoms with Crippen LogP contribution in [0.3, 0.4) is 0 Å². The zero-order valence-corrected chi connectivity index (χ0v) is 14.6. The smallest absolute Gasteiger partial charge is 0.267 e. The van der Waals surface area contributed by atoms with Crippen LogP contribution in [-0.4, -0.2) is 31.6 Å². The first-order valence-corrected chi connectivity index (χ1v) is 8.93. The quantitative estimate of drug-likeness (QED) is 0.663. The first-order chi connectivity index (χ1) is 10.9. The average Bonchev–Trinajstić information content (AvgIpc) is 3.07. The van der Waals surface area contributed by atoms with E-state index in [1.807, 2.05) is 0 Å². The lowest BCUT2D eigenvalue weighted by Crippen LogP contribution is -2.23. The molecule has 3 rings (SSSR count). The Morgan fingerprint density at radius 3 is 3.09 bits per heavy atom. The van der Waals surface area contributed by atoms with E-state index in [9.17, 15) is 9.59 Å². The fraction of sp³-hybridized carbons (Fsp3) is 0.429. The number of hydrogen-bond donors (Lipinski definition) is 1. The van der Waals surface area contributed by atoms with Crippen LogP contribution >= 0.6 is 23.5 Å². The second-order valence-electron chi connectivity index (χ2n) is 5.33. The predicted molar refractivity (Wildman–Crippen MR) is 89.1 cm³/mol. The zero-order valence-electron chi connectivity index (χ0n) is 13.0. The van der Waals surface area contributed by atoms with E-state index in [0.717, 1.165) is 17.0 Å². The molecule has 0 aromatic carbocycles. The maximum Gasteiger partial charge on any atom is 0.267 e. The minimum absolute atomic E-state index is 0.0422. The van der Waals surface area contributed by atoms with Crippen molar-refractivity contribution in [2.75, 3.05) is 11.1 Å². The van der Waals surface area contributed by atoms with Gasteiger partial charge in [-0.15, -0.1) is 11.8 Å². The highest BCUT2D eigenvalue weighted by Crippen LogP contribution is 2.33.